The highest BCUT2D eigenvalue weighted by atomic mass is 35.5. The lowest BCUT2D eigenvalue weighted by atomic mass is 10.1. The number of benzene rings is 3. The van der Waals surface area contributed by atoms with Crippen LogP contribution in [0.15, 0.2) is 87.8 Å². The largest absolute Gasteiger partial charge is 0.481 e. The number of thioether (sulfide) groups is 1. The zero-order valence-electron chi connectivity index (χ0n) is 25.6. The second kappa shape index (κ2) is 16.3. The van der Waals surface area contributed by atoms with Crippen molar-refractivity contribution < 1.29 is 38.5 Å². The van der Waals surface area contributed by atoms with Crippen molar-refractivity contribution in [1.82, 2.24) is 10.6 Å². The average Bonchev–Trinajstić information content (AvgIpc) is 3.05. The lowest BCUT2D eigenvalue weighted by Crippen LogP contribution is -2.44. The Morgan fingerprint density at radius 1 is 1.08 bits per heavy atom. The van der Waals surface area contributed by atoms with E-state index >= 15 is 0 Å². The topological polar surface area (TPSA) is 192 Å². The molecule has 16 heteroatoms. The van der Waals surface area contributed by atoms with Crippen LogP contribution < -0.4 is 16.0 Å². The van der Waals surface area contributed by atoms with Crippen molar-refractivity contribution in [3.63, 3.8) is 0 Å². The van der Waals surface area contributed by atoms with E-state index in [9.17, 15) is 34.4 Å². The van der Waals surface area contributed by atoms with Gasteiger partial charge in [0.2, 0.25) is 17.2 Å². The summed E-state index contributed by atoms with van der Waals surface area (Å²) in [5, 5.41) is 28.7. The minimum absolute atomic E-state index is 0.0323. The van der Waals surface area contributed by atoms with E-state index in [4.69, 9.17) is 16.3 Å². The third-order valence-corrected chi connectivity index (χ3v) is 7.72. The quantitative estimate of drug-likeness (QED) is 0.0678. The molecule has 3 aromatic rings. The number of carboxylic acids is 1. The summed E-state index contributed by atoms with van der Waals surface area (Å²) < 4.78 is 6.14. The highest BCUT2D eigenvalue weighted by Gasteiger charge is 2.39. The summed E-state index contributed by atoms with van der Waals surface area (Å²) in [7, 11) is 0. The maximum Gasteiger partial charge on any atom is 0.460 e. The first-order chi connectivity index (χ1) is 22.9. The number of hydrogen-bond acceptors (Lipinski definition) is 10. The molecule has 0 aliphatic carbocycles. The maximum atomic E-state index is 13.6. The number of nitro benzene ring substituents is 1. The van der Waals surface area contributed by atoms with Gasteiger partial charge in [-0.1, -0.05) is 54.1 Å². The smallest absolute Gasteiger partial charge is 0.460 e. The van der Waals surface area contributed by atoms with Crippen LogP contribution in [-0.2, 0) is 32.3 Å². The van der Waals surface area contributed by atoms with E-state index < -0.39 is 28.8 Å². The maximum absolute atomic E-state index is 13.6. The number of carboxylic acid groups (broad SMARTS) is 1. The number of nitrogens with zero attached hydrogens (tertiary/aromatic N) is 3. The Hall–Kier alpha value is -5.54. The third kappa shape index (κ3) is 9.73. The van der Waals surface area contributed by atoms with E-state index in [0.29, 0.717) is 11.3 Å². The summed E-state index contributed by atoms with van der Waals surface area (Å²) in [6.45, 7) is 3.67. The summed E-state index contributed by atoms with van der Waals surface area (Å²) in [5.74, 6) is -3.18. The molecule has 0 aromatic heterocycles. The molecule has 0 atom stereocenters. The Balaban J connectivity index is 1.54. The first-order valence-corrected chi connectivity index (χ1v) is 15.7. The molecule has 3 amide bonds. The van der Waals surface area contributed by atoms with Gasteiger partial charge in [0.05, 0.1) is 16.2 Å². The Kier molecular flexibility index (Phi) is 12.0. The summed E-state index contributed by atoms with van der Waals surface area (Å²) in [5.41, 5.74) is 1.52. The van der Waals surface area contributed by atoms with Crippen molar-refractivity contribution in [3.8, 4) is 0 Å². The van der Waals surface area contributed by atoms with Crippen LogP contribution in [0.3, 0.4) is 0 Å². The Morgan fingerprint density at radius 2 is 1.79 bits per heavy atom. The van der Waals surface area contributed by atoms with Crippen molar-refractivity contribution in [2.24, 2.45) is 4.99 Å². The van der Waals surface area contributed by atoms with E-state index in [1.807, 2.05) is 30.3 Å². The van der Waals surface area contributed by atoms with Crippen LogP contribution in [0.25, 0.3) is 5.70 Å². The fourth-order valence-corrected chi connectivity index (χ4v) is 5.29. The van der Waals surface area contributed by atoms with Crippen molar-refractivity contribution in [3.05, 3.63) is 105 Å². The van der Waals surface area contributed by atoms with Crippen LogP contribution in [-0.4, -0.2) is 62.3 Å². The van der Waals surface area contributed by atoms with Crippen LogP contribution in [0.4, 0.5) is 16.2 Å². The lowest BCUT2D eigenvalue weighted by Gasteiger charge is -2.17. The third-order valence-electron chi connectivity index (χ3n) is 6.40. The van der Waals surface area contributed by atoms with Gasteiger partial charge in [-0.15, -0.1) is 16.3 Å². The molecular formula is C32H30ClN6O8S+. The van der Waals surface area contributed by atoms with Gasteiger partial charge in [-0.05, 0) is 43.2 Å². The van der Waals surface area contributed by atoms with Crippen LogP contribution >= 0.6 is 23.4 Å². The molecule has 0 radical (unpaired) electrons. The Bertz CT molecular complexity index is 1830. The molecule has 1 heterocycles. The van der Waals surface area contributed by atoms with Gasteiger partial charge in [-0.2, -0.15) is 0 Å². The number of non-ortho nitro benzene ring substituents is 1. The van der Waals surface area contributed by atoms with Crippen LogP contribution in [0.1, 0.15) is 30.5 Å². The number of nitrogens with one attached hydrogen (secondary N) is 3. The van der Waals surface area contributed by atoms with Gasteiger partial charge >= 0.3 is 23.9 Å². The monoisotopic (exact) mass is 693 g/mol. The fraction of sp³-hybridized carbons (Fsp3) is 0.188. The van der Waals surface area contributed by atoms with E-state index in [1.54, 1.807) is 38.1 Å². The molecule has 0 spiro atoms. The number of aliphatic carboxylic acids is 1. The van der Waals surface area contributed by atoms with Crippen LogP contribution in [0, 0.1) is 10.1 Å². The molecule has 4 N–H and O–H groups in total. The number of carbonyl (C=O) groups is 4. The average molecular weight is 694 g/mol. The van der Waals surface area contributed by atoms with Gasteiger partial charge in [0.25, 0.3) is 11.4 Å². The molecule has 48 heavy (non-hydrogen) atoms. The van der Waals surface area contributed by atoms with Crippen LogP contribution in [0.2, 0.25) is 0 Å². The number of aliphatic imine (C=N–C) groups is 1. The van der Waals surface area contributed by atoms with Gasteiger partial charge in [-0.3, -0.25) is 25.0 Å². The molecule has 0 bridgehead atoms. The first kappa shape index (κ1) is 35.3. The van der Waals surface area contributed by atoms with Gasteiger partial charge < -0.3 is 20.5 Å². The first-order valence-electron chi connectivity index (χ1n) is 14.3. The van der Waals surface area contributed by atoms with E-state index in [1.165, 1.54) is 12.1 Å². The van der Waals surface area contributed by atoms with Crippen molar-refractivity contribution >= 4 is 76.4 Å². The Morgan fingerprint density at radius 3 is 2.44 bits per heavy atom. The Labute approximate surface area is 283 Å². The van der Waals surface area contributed by atoms with E-state index in [2.05, 4.69) is 20.9 Å². The summed E-state index contributed by atoms with van der Waals surface area (Å²) in [6.07, 6.45) is 0.311. The number of hydrogen-bond donors (Lipinski definition) is 4. The lowest BCUT2D eigenvalue weighted by molar-refractivity contribution is -0.385. The number of amides is 3. The molecule has 14 nitrogen and oxygen atoms in total. The molecule has 0 saturated heterocycles. The zero-order valence-corrected chi connectivity index (χ0v) is 27.2. The molecule has 3 aromatic carbocycles. The molecular weight excluding hydrogens is 664 g/mol. The molecule has 1 aliphatic heterocycles. The molecule has 4 rings (SSSR count). The molecule has 0 fully saturated rings. The molecule has 248 valence electrons. The second-order valence-electron chi connectivity index (χ2n) is 10.4. The number of halogens is 1. The minimum atomic E-state index is -1.14. The molecule has 0 saturated carbocycles. The van der Waals surface area contributed by atoms with Crippen LogP contribution in [0.5, 0.6) is 0 Å². The van der Waals surface area contributed by atoms with Gasteiger partial charge in [0, 0.05) is 35.3 Å². The highest BCUT2D eigenvalue weighted by Crippen LogP contribution is 2.36. The van der Waals surface area contributed by atoms with E-state index in [0.717, 1.165) is 34.2 Å². The standard InChI is InChI=1S/C32H29ClN6O8S/c1-19(2)35-30-31(43)38(28(29(33)37-30)24-14-23(39(45)46)12-13-25(24)48-18-27(41)42)16-26(40)34-15-20-8-10-22(11-9-20)36-32(44)47-17-21-6-4-3-5-7-21/h3-14,16,19H,15,17-18H2,1-2H3,(H3-,34,35,36,37,40,41,42,44)/p+1. The zero-order chi connectivity index (χ0) is 34.8. The summed E-state index contributed by atoms with van der Waals surface area (Å²) in [4.78, 5) is 65.6. The highest BCUT2D eigenvalue weighted by molar-refractivity contribution is 8.00. The number of carbonyl (C=O) groups excluding carboxylic acids is 3. The molecule has 0 unspecified atom stereocenters. The SMILES string of the molecule is CC(C)NC1=NC(Cl)=C(c2cc([N+](=O)[O-])ccc2SCC(=O)O)[N+](=CC(=O)NCc2ccc(NC(=O)OCc3ccccc3)cc2)C1=O. The number of rotatable bonds is 12. The predicted molar refractivity (Wildman–Crippen MR) is 180 cm³/mol. The van der Waals surface area contributed by atoms with Crippen molar-refractivity contribution in [2.75, 3.05) is 11.1 Å². The number of amidine groups is 1. The normalized spacial score (nSPS) is 13.6. The van der Waals surface area contributed by atoms with Gasteiger partial charge in [0.1, 0.15) is 6.61 Å². The minimum Gasteiger partial charge on any atom is -0.481 e. The van der Waals surface area contributed by atoms with Crippen molar-refractivity contribution in [2.45, 2.75) is 37.9 Å². The number of nitro groups is 1. The van der Waals surface area contributed by atoms with Crippen molar-refractivity contribution in [1.29, 1.82) is 0 Å². The summed E-state index contributed by atoms with van der Waals surface area (Å²) in [6, 6.07) is 19.2. The number of anilines is 1. The molecule has 1 aliphatic rings. The predicted octanol–water partition coefficient (Wildman–Crippen LogP) is 4.72. The summed E-state index contributed by atoms with van der Waals surface area (Å²) >= 11 is 7.41. The second-order valence-corrected chi connectivity index (χ2v) is 11.8. The van der Waals surface area contributed by atoms with E-state index in [-0.39, 0.29) is 57.8 Å². The number of ether oxygens (including phenoxy) is 1. The van der Waals surface area contributed by atoms with Gasteiger partial charge in [-0.25, -0.2) is 14.6 Å². The van der Waals surface area contributed by atoms with Gasteiger partial charge in [0.15, 0.2) is 0 Å². The fourth-order valence-electron chi connectivity index (χ4n) is 4.26.